The summed E-state index contributed by atoms with van der Waals surface area (Å²) >= 11 is 0. The van der Waals surface area contributed by atoms with Crippen LogP contribution < -0.4 is 5.32 Å². The number of rotatable bonds is 5. The monoisotopic (exact) mass is 348 g/mol. The second-order valence-electron chi connectivity index (χ2n) is 7.45. The number of imidazole rings is 1. The molecule has 1 saturated heterocycles. The van der Waals surface area contributed by atoms with Gasteiger partial charge in [0.15, 0.2) is 0 Å². The highest BCUT2D eigenvalue weighted by Gasteiger charge is 2.24. The lowest BCUT2D eigenvalue weighted by Crippen LogP contribution is -2.47. The minimum absolute atomic E-state index is 0.618. The van der Waals surface area contributed by atoms with Crippen molar-refractivity contribution < 1.29 is 0 Å². The Balaban J connectivity index is 1.39. The molecule has 4 rings (SSSR count). The number of aromatic amines is 1. The second kappa shape index (κ2) is 7.60. The Hall–Kier alpha value is -2.17. The van der Waals surface area contributed by atoms with E-state index < -0.39 is 0 Å². The van der Waals surface area contributed by atoms with Crippen molar-refractivity contribution in [3.63, 3.8) is 0 Å². The number of piperidine rings is 1. The molecule has 0 spiro atoms. The lowest BCUT2D eigenvalue weighted by molar-refractivity contribution is 0.153. The molecule has 1 aliphatic heterocycles. The fourth-order valence-electron chi connectivity index (χ4n) is 3.94. The maximum atomic E-state index is 4.68. The van der Waals surface area contributed by atoms with Gasteiger partial charge in [0.2, 0.25) is 0 Å². The number of nitrogens with one attached hydrogen (secondary N) is 2. The van der Waals surface area contributed by atoms with Crippen LogP contribution in [-0.4, -0.2) is 40.5 Å². The van der Waals surface area contributed by atoms with Gasteiger partial charge in [0.25, 0.3) is 0 Å². The molecule has 1 aliphatic rings. The van der Waals surface area contributed by atoms with E-state index in [1.807, 2.05) is 18.2 Å². The molecule has 2 unspecified atom stereocenters. The number of hydrogen-bond donors (Lipinski definition) is 2. The van der Waals surface area contributed by atoms with Crippen LogP contribution in [-0.2, 0) is 6.54 Å². The quantitative estimate of drug-likeness (QED) is 0.731. The van der Waals surface area contributed by atoms with Gasteiger partial charge in [-0.15, -0.1) is 0 Å². The summed E-state index contributed by atoms with van der Waals surface area (Å²) in [6, 6.07) is 17.5. The average Bonchev–Trinajstić information content (AvgIpc) is 3.11. The van der Waals surface area contributed by atoms with Gasteiger partial charge in [0.05, 0.1) is 11.0 Å². The van der Waals surface area contributed by atoms with Crippen LogP contribution in [0.2, 0.25) is 0 Å². The molecule has 0 aliphatic carbocycles. The molecule has 26 heavy (non-hydrogen) atoms. The number of likely N-dealkylation sites (tertiary alicyclic amines) is 1. The molecule has 1 fully saturated rings. The first-order chi connectivity index (χ1) is 12.7. The molecule has 0 saturated carbocycles. The Kier molecular flexibility index (Phi) is 5.05. The molecule has 2 atom stereocenters. The summed E-state index contributed by atoms with van der Waals surface area (Å²) in [7, 11) is 0. The number of benzene rings is 2. The number of H-pyrrole nitrogens is 1. The van der Waals surface area contributed by atoms with Gasteiger partial charge in [-0.3, -0.25) is 0 Å². The third-order valence-corrected chi connectivity index (χ3v) is 5.62. The smallest absolute Gasteiger partial charge is 0.138 e. The zero-order chi connectivity index (χ0) is 17.9. The fraction of sp³-hybridized carbons (Fsp3) is 0.409. The molecular weight excluding hydrogens is 320 g/mol. The molecule has 3 aromatic rings. The molecular formula is C22H28N4. The highest BCUT2D eigenvalue weighted by Crippen LogP contribution is 2.21. The molecule has 0 amide bonds. The SMILES string of the molecule is CCN1CCC(NCc2ccc(-c3nc4ccccc4[nH]3)cc2)C(C)C1. The van der Waals surface area contributed by atoms with Crippen LogP contribution in [0.1, 0.15) is 25.8 Å². The summed E-state index contributed by atoms with van der Waals surface area (Å²) < 4.78 is 0. The lowest BCUT2D eigenvalue weighted by Gasteiger charge is -2.37. The molecule has 0 bridgehead atoms. The van der Waals surface area contributed by atoms with E-state index in [4.69, 9.17) is 0 Å². The molecule has 0 radical (unpaired) electrons. The van der Waals surface area contributed by atoms with Gasteiger partial charge in [0.1, 0.15) is 5.82 Å². The molecule has 2 aromatic carbocycles. The van der Waals surface area contributed by atoms with Crippen LogP contribution in [0.15, 0.2) is 48.5 Å². The van der Waals surface area contributed by atoms with Crippen molar-refractivity contribution in [1.29, 1.82) is 0 Å². The third-order valence-electron chi connectivity index (χ3n) is 5.62. The van der Waals surface area contributed by atoms with E-state index in [1.165, 1.54) is 31.6 Å². The van der Waals surface area contributed by atoms with Crippen LogP contribution in [0.5, 0.6) is 0 Å². The molecule has 136 valence electrons. The highest BCUT2D eigenvalue weighted by molar-refractivity contribution is 5.79. The summed E-state index contributed by atoms with van der Waals surface area (Å²) in [6.45, 7) is 9.14. The van der Waals surface area contributed by atoms with Crippen LogP contribution in [0.25, 0.3) is 22.4 Å². The van der Waals surface area contributed by atoms with Gasteiger partial charge in [-0.2, -0.15) is 0 Å². The predicted molar refractivity (Wildman–Crippen MR) is 108 cm³/mol. The Morgan fingerprint density at radius 1 is 1.15 bits per heavy atom. The Morgan fingerprint density at radius 3 is 2.69 bits per heavy atom. The zero-order valence-electron chi connectivity index (χ0n) is 15.7. The van der Waals surface area contributed by atoms with E-state index in [-0.39, 0.29) is 0 Å². The maximum absolute atomic E-state index is 4.68. The molecule has 1 aromatic heterocycles. The number of para-hydroxylation sites is 2. The van der Waals surface area contributed by atoms with Crippen molar-refractivity contribution in [2.75, 3.05) is 19.6 Å². The Bertz CT molecular complexity index is 819. The maximum Gasteiger partial charge on any atom is 0.138 e. The lowest BCUT2D eigenvalue weighted by atomic mass is 9.93. The van der Waals surface area contributed by atoms with E-state index in [0.29, 0.717) is 12.0 Å². The normalized spacial score (nSPS) is 21.3. The van der Waals surface area contributed by atoms with Gasteiger partial charge < -0.3 is 15.2 Å². The van der Waals surface area contributed by atoms with E-state index in [2.05, 4.69) is 64.4 Å². The van der Waals surface area contributed by atoms with Crippen molar-refractivity contribution >= 4 is 11.0 Å². The zero-order valence-corrected chi connectivity index (χ0v) is 15.7. The van der Waals surface area contributed by atoms with E-state index in [1.54, 1.807) is 0 Å². The summed E-state index contributed by atoms with van der Waals surface area (Å²) in [5, 5.41) is 3.76. The topological polar surface area (TPSA) is 44.0 Å². The van der Waals surface area contributed by atoms with Crippen molar-refractivity contribution in [2.45, 2.75) is 32.9 Å². The summed E-state index contributed by atoms with van der Waals surface area (Å²) in [4.78, 5) is 10.6. The van der Waals surface area contributed by atoms with Crippen LogP contribution >= 0.6 is 0 Å². The van der Waals surface area contributed by atoms with E-state index in [0.717, 1.165) is 29.0 Å². The minimum Gasteiger partial charge on any atom is -0.338 e. The number of fused-ring (bicyclic) bond motifs is 1. The summed E-state index contributed by atoms with van der Waals surface area (Å²) in [5.74, 6) is 1.64. The van der Waals surface area contributed by atoms with Crippen LogP contribution in [0.4, 0.5) is 0 Å². The van der Waals surface area contributed by atoms with Gasteiger partial charge in [-0.1, -0.05) is 50.2 Å². The highest BCUT2D eigenvalue weighted by atomic mass is 15.1. The molecule has 4 heteroatoms. The molecule has 2 N–H and O–H groups in total. The van der Waals surface area contributed by atoms with Crippen molar-refractivity contribution in [3.05, 3.63) is 54.1 Å². The van der Waals surface area contributed by atoms with Crippen molar-refractivity contribution in [2.24, 2.45) is 5.92 Å². The van der Waals surface area contributed by atoms with Crippen LogP contribution in [0, 0.1) is 5.92 Å². The first kappa shape index (κ1) is 17.3. The van der Waals surface area contributed by atoms with E-state index in [9.17, 15) is 0 Å². The predicted octanol–water partition coefficient (Wildman–Crippen LogP) is 4.05. The van der Waals surface area contributed by atoms with Gasteiger partial charge >= 0.3 is 0 Å². The van der Waals surface area contributed by atoms with Crippen molar-refractivity contribution in [3.8, 4) is 11.4 Å². The van der Waals surface area contributed by atoms with Gasteiger partial charge in [-0.05, 0) is 43.1 Å². The largest absolute Gasteiger partial charge is 0.338 e. The molecule has 4 nitrogen and oxygen atoms in total. The van der Waals surface area contributed by atoms with E-state index >= 15 is 0 Å². The number of hydrogen-bond acceptors (Lipinski definition) is 3. The number of nitrogens with zero attached hydrogens (tertiary/aromatic N) is 2. The Morgan fingerprint density at radius 2 is 1.96 bits per heavy atom. The first-order valence-electron chi connectivity index (χ1n) is 9.72. The van der Waals surface area contributed by atoms with Gasteiger partial charge in [-0.25, -0.2) is 4.98 Å². The standard InChI is InChI=1S/C22H28N4/c1-3-26-13-12-19(16(2)15-26)23-14-17-8-10-18(11-9-17)22-24-20-6-4-5-7-21(20)25-22/h4-11,16,19,23H,3,12-15H2,1-2H3,(H,24,25). The van der Waals surface area contributed by atoms with Crippen molar-refractivity contribution in [1.82, 2.24) is 20.2 Å². The van der Waals surface area contributed by atoms with Gasteiger partial charge in [0, 0.05) is 24.7 Å². The Labute approximate surface area is 155 Å². The fourth-order valence-corrected chi connectivity index (χ4v) is 3.94. The van der Waals surface area contributed by atoms with Crippen LogP contribution in [0.3, 0.4) is 0 Å². The third kappa shape index (κ3) is 3.67. The summed E-state index contributed by atoms with van der Waals surface area (Å²) in [5.41, 5.74) is 4.56. The average molecular weight is 348 g/mol. The first-order valence-corrected chi connectivity index (χ1v) is 9.72. The minimum atomic E-state index is 0.618. The molecule has 2 heterocycles. The number of aromatic nitrogens is 2. The summed E-state index contributed by atoms with van der Waals surface area (Å²) in [6.07, 6.45) is 1.24. The second-order valence-corrected chi connectivity index (χ2v) is 7.45.